The van der Waals surface area contributed by atoms with Crippen molar-refractivity contribution < 1.29 is 4.79 Å². The molecule has 0 bridgehead atoms. The largest absolute Gasteiger partial charge is 0.368 e. The molecule has 22 heavy (non-hydrogen) atoms. The van der Waals surface area contributed by atoms with E-state index in [1.54, 1.807) is 16.7 Å². The van der Waals surface area contributed by atoms with E-state index in [1.807, 2.05) is 30.3 Å². The van der Waals surface area contributed by atoms with Crippen molar-refractivity contribution in [3.05, 3.63) is 58.2 Å². The van der Waals surface area contributed by atoms with E-state index in [1.165, 1.54) is 11.8 Å². The van der Waals surface area contributed by atoms with Crippen molar-refractivity contribution in [3.8, 4) is 0 Å². The maximum Gasteiger partial charge on any atom is 0.235 e. The third-order valence-electron chi connectivity index (χ3n) is 2.98. The molecule has 3 rings (SSSR count). The second-order valence-corrected chi connectivity index (χ2v) is 6.41. The molecule has 0 aliphatic carbocycles. The quantitative estimate of drug-likeness (QED) is 0.730. The standard InChI is InChI=1S/C14H10Cl2N4OS/c15-9-6-10(16)13-18-19-14(20(13)7-9)22-11(12(17)21)8-4-2-1-3-5-8/h1-7,11H,(H2,17,21). The van der Waals surface area contributed by atoms with Gasteiger partial charge in [0, 0.05) is 6.20 Å². The molecule has 0 aliphatic rings. The van der Waals surface area contributed by atoms with Crippen molar-refractivity contribution in [2.24, 2.45) is 5.73 Å². The third kappa shape index (κ3) is 2.90. The number of primary amides is 1. The Labute approximate surface area is 140 Å². The van der Waals surface area contributed by atoms with Gasteiger partial charge in [0.2, 0.25) is 5.91 Å². The van der Waals surface area contributed by atoms with E-state index in [0.717, 1.165) is 5.56 Å². The van der Waals surface area contributed by atoms with Crippen LogP contribution < -0.4 is 5.73 Å². The van der Waals surface area contributed by atoms with E-state index in [-0.39, 0.29) is 0 Å². The third-order valence-corrected chi connectivity index (χ3v) is 4.69. The number of pyridine rings is 1. The lowest BCUT2D eigenvalue weighted by Crippen LogP contribution is -2.19. The van der Waals surface area contributed by atoms with E-state index in [4.69, 9.17) is 28.9 Å². The average molecular weight is 353 g/mol. The lowest BCUT2D eigenvalue weighted by atomic mass is 10.1. The summed E-state index contributed by atoms with van der Waals surface area (Å²) in [6.07, 6.45) is 1.65. The minimum Gasteiger partial charge on any atom is -0.368 e. The Morgan fingerprint density at radius 3 is 2.64 bits per heavy atom. The summed E-state index contributed by atoms with van der Waals surface area (Å²) in [4.78, 5) is 11.8. The average Bonchev–Trinajstić information content (AvgIpc) is 2.88. The van der Waals surface area contributed by atoms with E-state index in [2.05, 4.69) is 10.2 Å². The number of rotatable bonds is 4. The highest BCUT2D eigenvalue weighted by molar-refractivity contribution is 8.00. The van der Waals surface area contributed by atoms with E-state index >= 15 is 0 Å². The second kappa shape index (κ2) is 6.16. The van der Waals surface area contributed by atoms with Crippen LogP contribution in [0.25, 0.3) is 5.65 Å². The Morgan fingerprint density at radius 1 is 1.23 bits per heavy atom. The van der Waals surface area contributed by atoms with Gasteiger partial charge in [0.05, 0.1) is 10.0 Å². The maximum absolute atomic E-state index is 11.8. The van der Waals surface area contributed by atoms with Crippen LogP contribution in [0.4, 0.5) is 0 Å². The first-order valence-electron chi connectivity index (χ1n) is 6.27. The smallest absolute Gasteiger partial charge is 0.235 e. The van der Waals surface area contributed by atoms with Crippen molar-refractivity contribution in [3.63, 3.8) is 0 Å². The summed E-state index contributed by atoms with van der Waals surface area (Å²) < 4.78 is 1.65. The van der Waals surface area contributed by atoms with Gasteiger partial charge in [0.15, 0.2) is 10.8 Å². The molecule has 0 fully saturated rings. The minimum absolute atomic E-state index is 0.391. The van der Waals surface area contributed by atoms with Crippen LogP contribution in [0.5, 0.6) is 0 Å². The van der Waals surface area contributed by atoms with E-state index < -0.39 is 11.2 Å². The summed E-state index contributed by atoms with van der Waals surface area (Å²) in [6.45, 7) is 0. The Kier molecular flexibility index (Phi) is 4.24. The highest BCUT2D eigenvalue weighted by Crippen LogP contribution is 2.35. The van der Waals surface area contributed by atoms with Gasteiger partial charge < -0.3 is 5.73 Å². The Hall–Kier alpha value is -1.76. The predicted octanol–water partition coefficient (Wildman–Crippen LogP) is 3.35. The van der Waals surface area contributed by atoms with Gasteiger partial charge in [-0.15, -0.1) is 10.2 Å². The highest BCUT2D eigenvalue weighted by atomic mass is 35.5. The summed E-state index contributed by atoms with van der Waals surface area (Å²) in [5.74, 6) is -0.457. The van der Waals surface area contributed by atoms with Crippen LogP contribution in [0.2, 0.25) is 10.0 Å². The second-order valence-electron chi connectivity index (χ2n) is 4.49. The molecule has 2 heterocycles. The Bertz CT molecular complexity index is 837. The van der Waals surface area contributed by atoms with Crippen LogP contribution in [0, 0.1) is 0 Å². The van der Waals surface area contributed by atoms with Crippen molar-refractivity contribution >= 4 is 46.5 Å². The number of nitrogens with two attached hydrogens (primary N) is 1. The molecule has 5 nitrogen and oxygen atoms in total. The van der Waals surface area contributed by atoms with Crippen LogP contribution in [0.15, 0.2) is 47.8 Å². The number of fused-ring (bicyclic) bond motifs is 1. The molecule has 2 N–H and O–H groups in total. The monoisotopic (exact) mass is 352 g/mol. The maximum atomic E-state index is 11.8. The number of nitrogens with zero attached hydrogens (tertiary/aromatic N) is 3. The Balaban J connectivity index is 2.02. The molecule has 3 aromatic rings. The molecular weight excluding hydrogens is 343 g/mol. The molecule has 0 saturated heterocycles. The zero-order chi connectivity index (χ0) is 15.7. The fraction of sp³-hybridized carbons (Fsp3) is 0.0714. The fourth-order valence-electron chi connectivity index (χ4n) is 2.01. The topological polar surface area (TPSA) is 73.3 Å². The van der Waals surface area contributed by atoms with Crippen LogP contribution in [-0.4, -0.2) is 20.5 Å². The molecule has 1 amide bonds. The molecule has 0 radical (unpaired) electrons. The molecule has 8 heteroatoms. The number of carbonyl (C=O) groups excluding carboxylic acids is 1. The summed E-state index contributed by atoms with van der Waals surface area (Å²) in [6, 6.07) is 10.8. The van der Waals surface area contributed by atoms with Gasteiger partial charge in [-0.3, -0.25) is 9.20 Å². The summed E-state index contributed by atoms with van der Waals surface area (Å²) in [5, 5.41) is 8.84. The molecule has 0 spiro atoms. The summed E-state index contributed by atoms with van der Waals surface area (Å²) in [7, 11) is 0. The number of halogens is 2. The number of amides is 1. The van der Waals surface area contributed by atoms with Crippen LogP contribution >= 0.6 is 35.0 Å². The first-order chi connectivity index (χ1) is 10.6. The van der Waals surface area contributed by atoms with Crippen LogP contribution in [0.1, 0.15) is 10.8 Å². The van der Waals surface area contributed by atoms with Gasteiger partial charge in [-0.1, -0.05) is 65.3 Å². The fourth-order valence-corrected chi connectivity index (χ4v) is 3.48. The lowest BCUT2D eigenvalue weighted by molar-refractivity contribution is -0.117. The molecule has 2 aromatic heterocycles. The van der Waals surface area contributed by atoms with Gasteiger partial charge >= 0.3 is 0 Å². The zero-order valence-electron chi connectivity index (χ0n) is 11.1. The number of hydrogen-bond acceptors (Lipinski definition) is 4. The number of thioether (sulfide) groups is 1. The molecule has 0 saturated carbocycles. The van der Waals surface area contributed by atoms with Gasteiger partial charge in [-0.25, -0.2) is 0 Å². The number of aromatic nitrogens is 3. The van der Waals surface area contributed by atoms with Gasteiger partial charge in [0.1, 0.15) is 5.25 Å². The highest BCUT2D eigenvalue weighted by Gasteiger charge is 2.22. The number of benzene rings is 1. The molecule has 1 unspecified atom stereocenters. The summed E-state index contributed by atoms with van der Waals surface area (Å²) in [5.41, 5.74) is 6.79. The van der Waals surface area contributed by atoms with Crippen molar-refractivity contribution in [1.29, 1.82) is 0 Å². The number of carbonyl (C=O) groups is 1. The molecule has 1 atom stereocenters. The van der Waals surface area contributed by atoms with Crippen LogP contribution in [0.3, 0.4) is 0 Å². The minimum atomic E-state index is -0.577. The molecule has 112 valence electrons. The summed E-state index contributed by atoms with van der Waals surface area (Å²) >= 11 is 13.3. The molecular formula is C14H10Cl2N4OS. The Morgan fingerprint density at radius 2 is 1.95 bits per heavy atom. The first-order valence-corrected chi connectivity index (χ1v) is 7.90. The SMILES string of the molecule is NC(=O)C(Sc1nnc2c(Cl)cc(Cl)cn12)c1ccccc1. The van der Waals surface area contributed by atoms with Gasteiger partial charge in [-0.2, -0.15) is 0 Å². The van der Waals surface area contributed by atoms with E-state index in [9.17, 15) is 4.79 Å². The number of hydrogen-bond donors (Lipinski definition) is 1. The van der Waals surface area contributed by atoms with Gasteiger partial charge in [0.25, 0.3) is 0 Å². The zero-order valence-corrected chi connectivity index (χ0v) is 13.4. The van der Waals surface area contributed by atoms with Crippen LogP contribution in [-0.2, 0) is 4.79 Å². The lowest BCUT2D eigenvalue weighted by Gasteiger charge is -2.12. The van der Waals surface area contributed by atoms with Gasteiger partial charge in [-0.05, 0) is 11.6 Å². The molecule has 0 aliphatic heterocycles. The molecule has 1 aromatic carbocycles. The van der Waals surface area contributed by atoms with Crippen molar-refractivity contribution in [2.45, 2.75) is 10.4 Å². The predicted molar refractivity (Wildman–Crippen MR) is 87.2 cm³/mol. The van der Waals surface area contributed by atoms with Crippen molar-refractivity contribution in [1.82, 2.24) is 14.6 Å². The normalized spacial score (nSPS) is 12.5. The van der Waals surface area contributed by atoms with E-state index in [0.29, 0.717) is 20.8 Å². The van der Waals surface area contributed by atoms with Crippen molar-refractivity contribution in [2.75, 3.05) is 0 Å². The first kappa shape index (κ1) is 15.1.